The van der Waals surface area contributed by atoms with Crippen molar-refractivity contribution in [2.45, 2.75) is 65.2 Å². The van der Waals surface area contributed by atoms with Gasteiger partial charge in [0.25, 0.3) is 0 Å². The number of hydrogen-bond acceptors (Lipinski definition) is 5. The molecular formula is C27H34O5. The van der Waals surface area contributed by atoms with Crippen molar-refractivity contribution < 1.29 is 19.0 Å². The van der Waals surface area contributed by atoms with Crippen molar-refractivity contribution in [3.8, 4) is 28.6 Å². The molecule has 1 heterocycles. The van der Waals surface area contributed by atoms with E-state index in [0.717, 1.165) is 56.9 Å². The van der Waals surface area contributed by atoms with Crippen LogP contribution in [-0.2, 0) is 0 Å². The largest absolute Gasteiger partial charge is 0.504 e. The van der Waals surface area contributed by atoms with Crippen molar-refractivity contribution >= 4 is 11.0 Å². The SMILES string of the molecule is CCCCCCOc1cc2oc(-c3ccccc3)cc(=O)c2c(O)c1OCCCCCC. The third kappa shape index (κ3) is 6.06. The minimum absolute atomic E-state index is 0.117. The third-order valence-corrected chi connectivity index (χ3v) is 5.47. The molecule has 0 radical (unpaired) electrons. The highest BCUT2D eigenvalue weighted by Gasteiger charge is 2.20. The van der Waals surface area contributed by atoms with Crippen molar-refractivity contribution in [3.05, 3.63) is 52.7 Å². The topological polar surface area (TPSA) is 68.9 Å². The summed E-state index contributed by atoms with van der Waals surface area (Å²) in [5.74, 6) is 0.874. The van der Waals surface area contributed by atoms with Crippen LogP contribution in [0.25, 0.3) is 22.3 Å². The molecule has 172 valence electrons. The van der Waals surface area contributed by atoms with Crippen molar-refractivity contribution in [3.63, 3.8) is 0 Å². The molecule has 0 aliphatic rings. The van der Waals surface area contributed by atoms with E-state index in [1.165, 1.54) is 6.07 Å². The zero-order chi connectivity index (χ0) is 22.8. The highest BCUT2D eigenvalue weighted by atomic mass is 16.5. The Bertz CT molecular complexity index is 1040. The molecule has 1 N–H and O–H groups in total. The molecule has 5 heteroatoms. The molecule has 0 amide bonds. The van der Waals surface area contributed by atoms with E-state index in [0.29, 0.717) is 24.7 Å². The number of unbranched alkanes of at least 4 members (excludes halogenated alkanes) is 6. The minimum Gasteiger partial charge on any atom is -0.504 e. The number of phenolic OH excluding ortho intramolecular Hbond substituents is 1. The van der Waals surface area contributed by atoms with Crippen LogP contribution in [0.5, 0.6) is 17.2 Å². The smallest absolute Gasteiger partial charge is 0.204 e. The quantitative estimate of drug-likeness (QED) is 0.289. The minimum atomic E-state index is -0.312. The molecule has 0 saturated carbocycles. The van der Waals surface area contributed by atoms with Gasteiger partial charge in [-0.3, -0.25) is 4.79 Å². The van der Waals surface area contributed by atoms with Crippen LogP contribution in [0, 0.1) is 0 Å². The first-order valence-corrected chi connectivity index (χ1v) is 11.8. The second-order valence-corrected chi connectivity index (χ2v) is 8.08. The molecule has 5 nitrogen and oxygen atoms in total. The molecule has 32 heavy (non-hydrogen) atoms. The maximum absolute atomic E-state index is 12.9. The summed E-state index contributed by atoms with van der Waals surface area (Å²) < 4.78 is 17.9. The predicted octanol–water partition coefficient (Wildman–Crippen LogP) is 7.08. The Kier molecular flexibility index (Phi) is 9.02. The summed E-state index contributed by atoms with van der Waals surface area (Å²) >= 11 is 0. The van der Waals surface area contributed by atoms with Crippen LogP contribution >= 0.6 is 0 Å². The van der Waals surface area contributed by atoms with Gasteiger partial charge in [-0.15, -0.1) is 0 Å². The van der Waals surface area contributed by atoms with Crippen LogP contribution in [-0.4, -0.2) is 18.3 Å². The van der Waals surface area contributed by atoms with E-state index in [4.69, 9.17) is 13.9 Å². The summed E-state index contributed by atoms with van der Waals surface area (Å²) in [5.41, 5.74) is 0.771. The van der Waals surface area contributed by atoms with Crippen LogP contribution in [0.2, 0.25) is 0 Å². The van der Waals surface area contributed by atoms with Crippen LogP contribution in [0.15, 0.2) is 51.7 Å². The fourth-order valence-corrected chi connectivity index (χ4v) is 3.67. The Hall–Kier alpha value is -2.95. The molecule has 1 aromatic heterocycles. The summed E-state index contributed by atoms with van der Waals surface area (Å²) in [7, 11) is 0. The highest BCUT2D eigenvalue weighted by molar-refractivity contribution is 5.89. The van der Waals surface area contributed by atoms with E-state index < -0.39 is 0 Å². The molecule has 3 aromatic rings. The summed E-state index contributed by atoms with van der Waals surface area (Å²) in [5, 5.41) is 11.1. The van der Waals surface area contributed by atoms with Crippen LogP contribution in [0.1, 0.15) is 65.2 Å². The normalized spacial score (nSPS) is 11.1. The summed E-state index contributed by atoms with van der Waals surface area (Å²) in [6.07, 6.45) is 8.51. The first-order valence-electron chi connectivity index (χ1n) is 11.8. The molecule has 3 rings (SSSR count). The maximum atomic E-state index is 12.9. The Morgan fingerprint density at radius 2 is 1.50 bits per heavy atom. The van der Waals surface area contributed by atoms with E-state index >= 15 is 0 Å². The van der Waals surface area contributed by atoms with Crippen LogP contribution in [0.4, 0.5) is 0 Å². The molecule has 0 fully saturated rings. The van der Waals surface area contributed by atoms with Gasteiger partial charge >= 0.3 is 0 Å². The Labute approximate surface area is 190 Å². The monoisotopic (exact) mass is 438 g/mol. The zero-order valence-electron chi connectivity index (χ0n) is 19.2. The molecule has 0 saturated heterocycles. The standard InChI is InChI=1S/C27H34O5/c1-3-5-7-12-16-30-24-19-23-25(26(29)27(24)31-17-13-8-6-4-2)21(28)18-22(32-23)20-14-10-9-11-15-20/h9-11,14-15,18-19,29H,3-8,12-13,16-17H2,1-2H3. The molecule has 0 aliphatic heterocycles. The number of fused-ring (bicyclic) bond motifs is 1. The second-order valence-electron chi connectivity index (χ2n) is 8.08. The highest BCUT2D eigenvalue weighted by Crippen LogP contribution is 2.42. The lowest BCUT2D eigenvalue weighted by Gasteiger charge is -2.16. The van der Waals surface area contributed by atoms with E-state index in [9.17, 15) is 9.90 Å². The van der Waals surface area contributed by atoms with Gasteiger partial charge in [-0.1, -0.05) is 82.7 Å². The fraction of sp³-hybridized carbons (Fsp3) is 0.444. The first-order chi connectivity index (χ1) is 15.7. The van der Waals surface area contributed by atoms with Crippen LogP contribution in [0.3, 0.4) is 0 Å². The molecule has 0 spiro atoms. The summed E-state index contributed by atoms with van der Waals surface area (Å²) in [6.45, 7) is 5.29. The van der Waals surface area contributed by atoms with Crippen molar-refractivity contribution in [1.82, 2.24) is 0 Å². The van der Waals surface area contributed by atoms with E-state index in [1.54, 1.807) is 6.07 Å². The van der Waals surface area contributed by atoms with Gasteiger partial charge in [0.05, 0.1) is 13.2 Å². The van der Waals surface area contributed by atoms with Crippen LogP contribution < -0.4 is 14.9 Å². The summed E-state index contributed by atoms with van der Waals surface area (Å²) in [4.78, 5) is 12.9. The van der Waals surface area contributed by atoms with Gasteiger partial charge in [0.1, 0.15) is 16.7 Å². The van der Waals surface area contributed by atoms with Gasteiger partial charge in [0, 0.05) is 17.7 Å². The van der Waals surface area contributed by atoms with Gasteiger partial charge in [-0.25, -0.2) is 0 Å². The molecule has 0 aliphatic carbocycles. The Morgan fingerprint density at radius 1 is 0.844 bits per heavy atom. The molecule has 0 atom stereocenters. The fourth-order valence-electron chi connectivity index (χ4n) is 3.67. The zero-order valence-corrected chi connectivity index (χ0v) is 19.2. The van der Waals surface area contributed by atoms with Crippen molar-refractivity contribution in [2.24, 2.45) is 0 Å². The lowest BCUT2D eigenvalue weighted by molar-refractivity contribution is 0.250. The van der Waals surface area contributed by atoms with E-state index in [1.807, 2.05) is 30.3 Å². The molecule has 2 aromatic carbocycles. The number of rotatable bonds is 13. The molecule has 0 bridgehead atoms. The number of benzene rings is 2. The lowest BCUT2D eigenvalue weighted by atomic mass is 10.1. The first kappa shape index (κ1) is 23.7. The van der Waals surface area contributed by atoms with Crippen molar-refractivity contribution in [1.29, 1.82) is 0 Å². The van der Waals surface area contributed by atoms with Gasteiger partial charge in [0.15, 0.2) is 16.9 Å². The maximum Gasteiger partial charge on any atom is 0.204 e. The average molecular weight is 439 g/mol. The van der Waals surface area contributed by atoms with Gasteiger partial charge in [0.2, 0.25) is 5.75 Å². The van der Waals surface area contributed by atoms with E-state index in [2.05, 4.69) is 13.8 Å². The van der Waals surface area contributed by atoms with E-state index in [-0.39, 0.29) is 27.9 Å². The third-order valence-electron chi connectivity index (χ3n) is 5.47. The number of hydrogen-bond donors (Lipinski definition) is 1. The van der Waals surface area contributed by atoms with Crippen molar-refractivity contribution in [2.75, 3.05) is 13.2 Å². The number of aromatic hydroxyl groups is 1. The average Bonchev–Trinajstić information content (AvgIpc) is 2.80. The predicted molar refractivity (Wildman–Crippen MR) is 129 cm³/mol. The number of ether oxygens (including phenoxy) is 2. The van der Waals surface area contributed by atoms with Gasteiger partial charge in [-0.05, 0) is 12.8 Å². The summed E-state index contributed by atoms with van der Waals surface area (Å²) in [6, 6.07) is 12.5. The van der Waals surface area contributed by atoms with Gasteiger partial charge in [-0.2, -0.15) is 0 Å². The van der Waals surface area contributed by atoms with Gasteiger partial charge < -0.3 is 19.0 Å². The Balaban J connectivity index is 1.94. The Morgan fingerprint density at radius 3 is 2.16 bits per heavy atom. The number of phenols is 1. The molecular weight excluding hydrogens is 404 g/mol. The lowest BCUT2D eigenvalue weighted by Crippen LogP contribution is -2.06. The molecule has 0 unspecified atom stereocenters. The second kappa shape index (κ2) is 12.2.